The molecule has 0 aliphatic heterocycles. The maximum absolute atomic E-state index is 9.90. The summed E-state index contributed by atoms with van der Waals surface area (Å²) in [6.45, 7) is 0. The molecule has 2 N–H and O–H groups in total. The Labute approximate surface area is 73.9 Å². The number of carboxylic acid groups (broad SMARTS) is 1. The van der Waals surface area contributed by atoms with E-state index in [-0.39, 0.29) is 37.1 Å². The van der Waals surface area contributed by atoms with E-state index < -0.39 is 5.97 Å². The Kier molecular flexibility index (Phi) is 3.64. The summed E-state index contributed by atoms with van der Waals surface area (Å²) in [7, 11) is 0. The summed E-state index contributed by atoms with van der Waals surface area (Å²) in [6.07, 6.45) is -0.374. The number of nitrogens with zero attached hydrogens (tertiary/aromatic N) is 2. The van der Waals surface area contributed by atoms with Crippen molar-refractivity contribution in [1.82, 2.24) is 10.1 Å². The van der Waals surface area contributed by atoms with E-state index in [9.17, 15) is 9.90 Å². The van der Waals surface area contributed by atoms with Gasteiger partial charge in [0.15, 0.2) is 5.82 Å². The Morgan fingerprint density at radius 2 is 2.36 bits per heavy atom. The molecule has 0 saturated carbocycles. The molecule has 0 aromatic carbocycles. The molecule has 0 amide bonds. The van der Waals surface area contributed by atoms with Gasteiger partial charge in [-0.3, -0.25) is 0 Å². The third-order valence-electron chi connectivity index (χ3n) is 0.786. The molecular formula is C4H4LiN3O3. The first-order valence-corrected chi connectivity index (χ1v) is 2.46. The first-order valence-electron chi connectivity index (χ1n) is 2.46. The number of carbonyl (C=O) groups is 1. The van der Waals surface area contributed by atoms with Crippen molar-refractivity contribution in [3.05, 3.63) is 5.82 Å². The van der Waals surface area contributed by atoms with Gasteiger partial charge in [0.05, 0.1) is 6.42 Å². The van der Waals surface area contributed by atoms with E-state index in [0.717, 1.165) is 0 Å². The van der Waals surface area contributed by atoms with E-state index in [1.54, 1.807) is 0 Å². The predicted molar refractivity (Wildman–Crippen MR) is 27.4 cm³/mol. The fourth-order valence-electron chi connectivity index (χ4n) is 0.468. The largest absolute Gasteiger partial charge is 1.00 e. The van der Waals surface area contributed by atoms with Crippen molar-refractivity contribution in [1.29, 1.82) is 0 Å². The second-order valence-corrected chi connectivity index (χ2v) is 1.60. The van der Waals surface area contributed by atoms with E-state index >= 15 is 0 Å². The predicted octanol–water partition coefficient (Wildman–Crippen LogP) is -5.05. The van der Waals surface area contributed by atoms with Crippen LogP contribution < -0.4 is 29.7 Å². The van der Waals surface area contributed by atoms with Crippen LogP contribution in [0.3, 0.4) is 0 Å². The summed E-state index contributed by atoms with van der Waals surface area (Å²) in [5.41, 5.74) is 5.00. The third kappa shape index (κ3) is 3.07. The zero-order chi connectivity index (χ0) is 7.56. The minimum atomic E-state index is -1.26. The van der Waals surface area contributed by atoms with Crippen molar-refractivity contribution in [2.24, 2.45) is 0 Å². The van der Waals surface area contributed by atoms with Crippen LogP contribution in [0.1, 0.15) is 5.82 Å². The minimum Gasteiger partial charge on any atom is -0.550 e. The van der Waals surface area contributed by atoms with Gasteiger partial charge in [0, 0.05) is 5.97 Å². The van der Waals surface area contributed by atoms with Gasteiger partial charge in [-0.1, -0.05) is 5.16 Å². The van der Waals surface area contributed by atoms with Gasteiger partial charge >= 0.3 is 24.9 Å². The van der Waals surface area contributed by atoms with Gasteiger partial charge in [0.1, 0.15) is 0 Å². The molecule has 0 fully saturated rings. The summed E-state index contributed by atoms with van der Waals surface area (Å²) >= 11 is 0. The molecule has 0 atom stereocenters. The Morgan fingerprint density at radius 3 is 2.73 bits per heavy atom. The molecule has 1 aromatic rings. The molecule has 0 spiro atoms. The number of anilines is 1. The van der Waals surface area contributed by atoms with Gasteiger partial charge in [-0.15, -0.1) is 0 Å². The molecule has 11 heavy (non-hydrogen) atoms. The van der Waals surface area contributed by atoms with Crippen LogP contribution in [0, 0.1) is 0 Å². The summed E-state index contributed by atoms with van der Waals surface area (Å²) in [5, 5.41) is 13.1. The van der Waals surface area contributed by atoms with Gasteiger partial charge in [0.25, 0.3) is 0 Å². The fourth-order valence-corrected chi connectivity index (χ4v) is 0.468. The molecular weight excluding hydrogens is 145 g/mol. The number of rotatable bonds is 2. The molecule has 54 valence electrons. The number of carbonyl (C=O) groups excluding carboxylic acids is 1. The van der Waals surface area contributed by atoms with Crippen molar-refractivity contribution >= 4 is 12.0 Å². The van der Waals surface area contributed by atoms with E-state index in [0.29, 0.717) is 0 Å². The van der Waals surface area contributed by atoms with Crippen LogP contribution in [0.5, 0.6) is 0 Å². The van der Waals surface area contributed by atoms with Crippen LogP contribution in [0.4, 0.5) is 6.01 Å². The van der Waals surface area contributed by atoms with Crippen LogP contribution >= 0.6 is 0 Å². The molecule has 0 aliphatic carbocycles. The summed E-state index contributed by atoms with van der Waals surface area (Å²) in [6, 6.07) is -0.142. The molecule has 1 heterocycles. The average Bonchev–Trinajstić information content (AvgIpc) is 2.13. The normalized spacial score (nSPS) is 8.73. The Bertz CT molecular complexity index is 248. The zero-order valence-corrected chi connectivity index (χ0v) is 5.90. The number of hydrogen-bond acceptors (Lipinski definition) is 6. The van der Waals surface area contributed by atoms with Crippen LogP contribution in [-0.2, 0) is 11.2 Å². The first-order chi connectivity index (χ1) is 4.68. The maximum atomic E-state index is 9.90. The van der Waals surface area contributed by atoms with Crippen molar-refractivity contribution in [3.63, 3.8) is 0 Å². The molecule has 1 aromatic heterocycles. The fraction of sp³-hybridized carbons (Fsp3) is 0.250. The first kappa shape index (κ1) is 10.0. The maximum Gasteiger partial charge on any atom is 1.00 e. The molecule has 0 aliphatic rings. The van der Waals surface area contributed by atoms with Gasteiger partial charge in [-0.25, -0.2) is 0 Å². The second kappa shape index (κ2) is 4.01. The smallest absolute Gasteiger partial charge is 0.550 e. The number of nitrogens with two attached hydrogens (primary N) is 1. The van der Waals surface area contributed by atoms with Gasteiger partial charge < -0.3 is 20.2 Å². The molecule has 1 rings (SSSR count). The van der Waals surface area contributed by atoms with Crippen LogP contribution in [0.2, 0.25) is 0 Å². The molecule has 7 heteroatoms. The van der Waals surface area contributed by atoms with E-state index in [2.05, 4.69) is 14.7 Å². The SMILES string of the molecule is Nc1nc(CC(=O)[O-])no1.[Li+]. The number of aliphatic carboxylic acids is 1. The minimum absolute atomic E-state index is 0. The van der Waals surface area contributed by atoms with Crippen molar-refractivity contribution in [2.75, 3.05) is 5.73 Å². The summed E-state index contributed by atoms with van der Waals surface area (Å²) in [4.78, 5) is 13.3. The van der Waals surface area contributed by atoms with E-state index in [1.807, 2.05) is 0 Å². The molecule has 0 radical (unpaired) electrons. The number of carboxylic acids is 1. The van der Waals surface area contributed by atoms with Crippen LogP contribution in [0.15, 0.2) is 4.52 Å². The average molecular weight is 149 g/mol. The molecule has 6 nitrogen and oxygen atoms in total. The molecule has 0 saturated heterocycles. The van der Waals surface area contributed by atoms with Gasteiger partial charge in [-0.2, -0.15) is 4.98 Å². The quantitative estimate of drug-likeness (QED) is 0.422. The number of aromatic nitrogens is 2. The zero-order valence-electron chi connectivity index (χ0n) is 5.90. The summed E-state index contributed by atoms with van der Waals surface area (Å²) in [5.74, 6) is -1.24. The summed E-state index contributed by atoms with van der Waals surface area (Å²) < 4.78 is 4.29. The topological polar surface area (TPSA) is 105 Å². The monoisotopic (exact) mass is 149 g/mol. The number of nitrogen functional groups attached to an aromatic ring is 1. The second-order valence-electron chi connectivity index (χ2n) is 1.60. The third-order valence-corrected chi connectivity index (χ3v) is 0.786. The Morgan fingerprint density at radius 1 is 1.73 bits per heavy atom. The van der Waals surface area contributed by atoms with Crippen LogP contribution in [0.25, 0.3) is 0 Å². The standard InChI is InChI=1S/C4H5N3O3.Li/c5-4-6-2(7-10-4)1-3(8)9;/h1H2,(H,8,9)(H2,5,6,7);/q;+1/p-1. The molecule has 0 unspecified atom stereocenters. The van der Waals surface area contributed by atoms with Gasteiger partial charge in [-0.05, 0) is 0 Å². The van der Waals surface area contributed by atoms with Crippen molar-refractivity contribution in [2.45, 2.75) is 6.42 Å². The van der Waals surface area contributed by atoms with E-state index in [1.165, 1.54) is 0 Å². The van der Waals surface area contributed by atoms with Gasteiger partial charge in [0.2, 0.25) is 0 Å². The van der Waals surface area contributed by atoms with Crippen molar-refractivity contribution < 1.29 is 33.3 Å². The number of hydrogen-bond donors (Lipinski definition) is 1. The van der Waals surface area contributed by atoms with E-state index in [4.69, 9.17) is 5.73 Å². The van der Waals surface area contributed by atoms with Crippen LogP contribution in [-0.4, -0.2) is 16.1 Å². The Balaban J connectivity index is 0.000001000. The van der Waals surface area contributed by atoms with Crippen molar-refractivity contribution in [3.8, 4) is 0 Å². The Hall–Kier alpha value is -0.993. The molecule has 0 bridgehead atoms.